The Morgan fingerprint density at radius 1 is 1.32 bits per heavy atom. The maximum absolute atomic E-state index is 12.5. The highest BCUT2D eigenvalue weighted by Crippen LogP contribution is 2.32. The fourth-order valence-corrected chi connectivity index (χ4v) is 2.92. The van der Waals surface area contributed by atoms with E-state index in [1.54, 1.807) is 42.4 Å². The minimum absolute atomic E-state index is 0.0695. The molecule has 1 unspecified atom stereocenters. The maximum atomic E-state index is 12.5. The number of pyridine rings is 1. The van der Waals surface area contributed by atoms with Crippen LogP contribution in [0, 0.1) is 6.92 Å². The standard InChI is InChI=1S/C18H17F3N2O2/c1-11-7-13(3-4-16(11)25-10-18(19,20)21)12(2)23-9-14-8-22-6-5-15(14)17(23)24/h3-8,12H,9-10H2,1-2H3. The van der Waals surface area contributed by atoms with Gasteiger partial charge >= 0.3 is 6.18 Å². The highest BCUT2D eigenvalue weighted by atomic mass is 19.4. The van der Waals surface area contributed by atoms with Gasteiger partial charge in [-0.25, -0.2) is 0 Å². The van der Waals surface area contributed by atoms with Crippen molar-refractivity contribution in [3.05, 3.63) is 58.9 Å². The molecule has 4 nitrogen and oxygen atoms in total. The summed E-state index contributed by atoms with van der Waals surface area (Å²) in [5, 5.41) is 0. The van der Waals surface area contributed by atoms with Crippen LogP contribution in [0.5, 0.6) is 5.75 Å². The van der Waals surface area contributed by atoms with Crippen molar-refractivity contribution in [1.29, 1.82) is 0 Å². The van der Waals surface area contributed by atoms with E-state index in [1.165, 1.54) is 6.07 Å². The molecule has 132 valence electrons. The lowest BCUT2D eigenvalue weighted by Gasteiger charge is -2.25. The van der Waals surface area contributed by atoms with Crippen LogP contribution in [0.1, 0.15) is 40.0 Å². The number of benzene rings is 1. The quantitative estimate of drug-likeness (QED) is 0.835. The lowest BCUT2D eigenvalue weighted by molar-refractivity contribution is -0.153. The summed E-state index contributed by atoms with van der Waals surface area (Å²) in [6.45, 7) is 2.72. The van der Waals surface area contributed by atoms with E-state index in [-0.39, 0.29) is 17.7 Å². The zero-order valence-electron chi connectivity index (χ0n) is 13.8. The van der Waals surface area contributed by atoms with Crippen molar-refractivity contribution in [2.24, 2.45) is 0 Å². The van der Waals surface area contributed by atoms with Gasteiger partial charge in [-0.2, -0.15) is 13.2 Å². The van der Waals surface area contributed by atoms with Crippen LogP contribution >= 0.6 is 0 Å². The van der Waals surface area contributed by atoms with Gasteiger partial charge in [-0.05, 0) is 37.1 Å². The molecular formula is C18H17F3N2O2. The second-order valence-electron chi connectivity index (χ2n) is 6.07. The Kier molecular flexibility index (Phi) is 4.41. The highest BCUT2D eigenvalue weighted by molar-refractivity contribution is 5.98. The van der Waals surface area contributed by atoms with Crippen molar-refractivity contribution in [3.8, 4) is 5.75 Å². The average molecular weight is 350 g/mol. The number of ether oxygens (including phenoxy) is 1. The molecule has 7 heteroatoms. The minimum Gasteiger partial charge on any atom is -0.484 e. The molecule has 2 aromatic rings. The third kappa shape index (κ3) is 3.60. The van der Waals surface area contributed by atoms with Gasteiger partial charge < -0.3 is 9.64 Å². The molecule has 0 N–H and O–H groups in total. The van der Waals surface area contributed by atoms with Crippen LogP contribution in [0.2, 0.25) is 0 Å². The highest BCUT2D eigenvalue weighted by Gasteiger charge is 2.32. The Bertz CT molecular complexity index is 805. The second kappa shape index (κ2) is 6.38. The van der Waals surface area contributed by atoms with Gasteiger partial charge in [0.05, 0.1) is 6.04 Å². The summed E-state index contributed by atoms with van der Waals surface area (Å²) >= 11 is 0. The first-order valence-electron chi connectivity index (χ1n) is 7.80. The number of aromatic nitrogens is 1. The van der Waals surface area contributed by atoms with E-state index < -0.39 is 12.8 Å². The third-order valence-electron chi connectivity index (χ3n) is 4.28. The first kappa shape index (κ1) is 17.3. The van der Waals surface area contributed by atoms with Crippen molar-refractivity contribution >= 4 is 5.91 Å². The number of carbonyl (C=O) groups is 1. The number of alkyl halides is 3. The molecule has 1 aromatic heterocycles. The topological polar surface area (TPSA) is 42.4 Å². The largest absolute Gasteiger partial charge is 0.484 e. The average Bonchev–Trinajstić information content (AvgIpc) is 2.89. The van der Waals surface area contributed by atoms with E-state index in [1.807, 2.05) is 6.92 Å². The van der Waals surface area contributed by atoms with Crippen LogP contribution < -0.4 is 4.74 Å². The minimum atomic E-state index is -4.37. The van der Waals surface area contributed by atoms with Gasteiger partial charge in [-0.3, -0.25) is 9.78 Å². The van der Waals surface area contributed by atoms with Gasteiger partial charge in [-0.1, -0.05) is 12.1 Å². The molecule has 0 saturated heterocycles. The smallest absolute Gasteiger partial charge is 0.422 e. The number of halogens is 3. The van der Waals surface area contributed by atoms with Crippen LogP contribution in [-0.2, 0) is 6.54 Å². The molecule has 2 heterocycles. The number of rotatable bonds is 4. The molecule has 0 radical (unpaired) electrons. The molecule has 25 heavy (non-hydrogen) atoms. The summed E-state index contributed by atoms with van der Waals surface area (Å²) in [5.74, 6) is 0.119. The Morgan fingerprint density at radius 2 is 2.08 bits per heavy atom. The number of carbonyl (C=O) groups excluding carboxylic acids is 1. The van der Waals surface area contributed by atoms with Gasteiger partial charge in [0.25, 0.3) is 5.91 Å². The molecular weight excluding hydrogens is 333 g/mol. The predicted octanol–water partition coefficient (Wildman–Crippen LogP) is 4.05. The van der Waals surface area contributed by atoms with E-state index in [4.69, 9.17) is 4.74 Å². The monoisotopic (exact) mass is 350 g/mol. The van der Waals surface area contributed by atoms with Crippen LogP contribution in [0.25, 0.3) is 0 Å². The number of hydrogen-bond donors (Lipinski definition) is 0. The van der Waals surface area contributed by atoms with Gasteiger partial charge in [0, 0.05) is 30.1 Å². The molecule has 0 aliphatic carbocycles. The summed E-state index contributed by atoms with van der Waals surface area (Å²) in [5.41, 5.74) is 2.95. The predicted molar refractivity (Wildman–Crippen MR) is 85.3 cm³/mol. The normalized spacial score (nSPS) is 15.2. The Balaban J connectivity index is 1.76. The first-order valence-corrected chi connectivity index (χ1v) is 7.80. The summed E-state index contributed by atoms with van der Waals surface area (Å²) in [7, 11) is 0. The third-order valence-corrected chi connectivity index (χ3v) is 4.28. The molecule has 1 aliphatic rings. The number of hydrogen-bond acceptors (Lipinski definition) is 3. The molecule has 0 fully saturated rings. The van der Waals surface area contributed by atoms with Crippen molar-refractivity contribution in [3.63, 3.8) is 0 Å². The molecule has 1 amide bonds. The van der Waals surface area contributed by atoms with Crippen molar-refractivity contribution in [2.75, 3.05) is 6.61 Å². The van der Waals surface area contributed by atoms with Crippen LogP contribution in [0.15, 0.2) is 36.7 Å². The SMILES string of the molecule is Cc1cc(C(C)N2Cc3cnccc3C2=O)ccc1OCC(F)(F)F. The molecule has 0 bridgehead atoms. The molecule has 1 aromatic carbocycles. The molecule has 0 spiro atoms. The zero-order chi connectivity index (χ0) is 18.2. The van der Waals surface area contributed by atoms with E-state index in [0.717, 1.165) is 11.1 Å². The number of nitrogens with zero attached hydrogens (tertiary/aromatic N) is 2. The fourth-order valence-electron chi connectivity index (χ4n) is 2.92. The van der Waals surface area contributed by atoms with Crippen molar-refractivity contribution < 1.29 is 22.7 Å². The molecule has 1 aliphatic heterocycles. The Morgan fingerprint density at radius 3 is 2.72 bits per heavy atom. The molecule has 1 atom stereocenters. The van der Waals surface area contributed by atoms with E-state index in [9.17, 15) is 18.0 Å². The van der Waals surface area contributed by atoms with Gasteiger partial charge in [0.2, 0.25) is 0 Å². The van der Waals surface area contributed by atoms with E-state index >= 15 is 0 Å². The summed E-state index contributed by atoms with van der Waals surface area (Å²) in [6.07, 6.45) is -1.11. The van der Waals surface area contributed by atoms with Crippen LogP contribution in [0.3, 0.4) is 0 Å². The van der Waals surface area contributed by atoms with E-state index in [2.05, 4.69) is 4.98 Å². The van der Waals surface area contributed by atoms with Gasteiger partial charge in [0.1, 0.15) is 5.75 Å². The number of fused-ring (bicyclic) bond motifs is 1. The summed E-state index contributed by atoms with van der Waals surface area (Å²) in [4.78, 5) is 18.3. The Hall–Kier alpha value is -2.57. The summed E-state index contributed by atoms with van der Waals surface area (Å²) in [6, 6.07) is 6.45. The Labute approximate surface area is 143 Å². The van der Waals surface area contributed by atoms with Crippen LogP contribution in [-0.4, -0.2) is 28.6 Å². The molecule has 0 saturated carbocycles. The fraction of sp³-hybridized carbons (Fsp3) is 0.333. The van der Waals surface area contributed by atoms with Crippen molar-refractivity contribution in [1.82, 2.24) is 9.88 Å². The number of amides is 1. The molecule has 3 rings (SSSR count). The zero-order valence-corrected chi connectivity index (χ0v) is 13.8. The first-order chi connectivity index (χ1) is 11.8. The second-order valence-corrected chi connectivity index (χ2v) is 6.07. The lowest BCUT2D eigenvalue weighted by Crippen LogP contribution is -2.27. The summed E-state index contributed by atoms with van der Waals surface area (Å²) < 4.78 is 41.7. The van der Waals surface area contributed by atoms with Gasteiger partial charge in [-0.15, -0.1) is 0 Å². The van der Waals surface area contributed by atoms with Crippen LogP contribution in [0.4, 0.5) is 13.2 Å². The number of aryl methyl sites for hydroxylation is 1. The maximum Gasteiger partial charge on any atom is 0.422 e. The lowest BCUT2D eigenvalue weighted by atomic mass is 10.0. The van der Waals surface area contributed by atoms with E-state index in [0.29, 0.717) is 17.7 Å². The van der Waals surface area contributed by atoms with Gasteiger partial charge in [0.15, 0.2) is 6.61 Å². The van der Waals surface area contributed by atoms with Crippen molar-refractivity contribution in [2.45, 2.75) is 32.6 Å².